The lowest BCUT2D eigenvalue weighted by Crippen LogP contribution is -2.34. The number of aromatic nitrogens is 6. The Labute approximate surface area is 196 Å². The van der Waals surface area contributed by atoms with Gasteiger partial charge in [0, 0.05) is 25.1 Å². The predicted octanol–water partition coefficient (Wildman–Crippen LogP) is 3.18. The molecule has 34 heavy (non-hydrogen) atoms. The first-order valence-electron chi connectivity index (χ1n) is 10.9. The monoisotopic (exact) mass is 461 g/mol. The van der Waals surface area contributed by atoms with Crippen molar-refractivity contribution in [2.45, 2.75) is 40.3 Å². The zero-order valence-electron chi connectivity index (χ0n) is 19.6. The Hall–Kier alpha value is -4.28. The number of anilines is 3. The van der Waals surface area contributed by atoms with Gasteiger partial charge in [-0.2, -0.15) is 5.10 Å². The average Bonchev–Trinajstić information content (AvgIpc) is 3.14. The van der Waals surface area contributed by atoms with Crippen LogP contribution in [0, 0.1) is 6.92 Å². The topological polar surface area (TPSA) is 151 Å². The highest BCUT2D eigenvalue weighted by atomic mass is 16.6. The van der Waals surface area contributed by atoms with Gasteiger partial charge in [-0.1, -0.05) is 6.07 Å². The summed E-state index contributed by atoms with van der Waals surface area (Å²) < 4.78 is 7.07. The van der Waals surface area contributed by atoms with E-state index in [0.717, 1.165) is 16.5 Å². The van der Waals surface area contributed by atoms with E-state index in [1.807, 2.05) is 25.1 Å². The van der Waals surface area contributed by atoms with E-state index in [1.54, 1.807) is 44.0 Å². The Bertz CT molecular complexity index is 1330. The molecule has 176 valence electrons. The van der Waals surface area contributed by atoms with Gasteiger partial charge in [0.05, 0.1) is 18.0 Å². The number of hydrogen-bond acceptors (Lipinski definition) is 9. The average molecular weight is 462 g/mol. The lowest BCUT2D eigenvalue weighted by Gasteiger charge is -2.23. The number of carbonyl (C=O) groups excluding carboxylic acids is 1. The number of nitrogens with two attached hydrogens (primary N) is 2. The van der Waals surface area contributed by atoms with Crippen molar-refractivity contribution < 1.29 is 9.53 Å². The molecule has 0 aliphatic heterocycles. The van der Waals surface area contributed by atoms with Gasteiger partial charge in [-0.25, -0.2) is 24.4 Å². The van der Waals surface area contributed by atoms with E-state index in [2.05, 4.69) is 19.9 Å². The predicted molar refractivity (Wildman–Crippen MR) is 130 cm³/mol. The fourth-order valence-electron chi connectivity index (χ4n) is 3.68. The normalized spacial score (nSPS) is 11.2. The van der Waals surface area contributed by atoms with Crippen LogP contribution in [0.25, 0.3) is 22.6 Å². The van der Waals surface area contributed by atoms with E-state index in [9.17, 15) is 4.79 Å². The lowest BCUT2D eigenvalue weighted by molar-refractivity contribution is 0.123. The molecule has 4 N–H and O–H groups in total. The highest BCUT2D eigenvalue weighted by molar-refractivity contribution is 5.96. The number of hydrogen-bond donors (Lipinski definition) is 2. The van der Waals surface area contributed by atoms with Crippen molar-refractivity contribution in [2.24, 2.45) is 0 Å². The van der Waals surface area contributed by atoms with Crippen molar-refractivity contribution >= 4 is 34.4 Å². The number of carbonyl (C=O) groups is 1. The highest BCUT2D eigenvalue weighted by Crippen LogP contribution is 2.32. The van der Waals surface area contributed by atoms with Crippen molar-refractivity contribution in [1.82, 2.24) is 29.7 Å². The van der Waals surface area contributed by atoms with Gasteiger partial charge in [0.15, 0.2) is 23.1 Å². The zero-order chi connectivity index (χ0) is 24.4. The minimum Gasteiger partial charge on any atom is -0.446 e. The highest BCUT2D eigenvalue weighted by Gasteiger charge is 2.25. The molecular weight excluding hydrogens is 434 g/mol. The number of pyridine rings is 2. The molecule has 0 unspecified atom stereocenters. The first-order valence-corrected chi connectivity index (χ1v) is 10.9. The van der Waals surface area contributed by atoms with E-state index in [1.165, 1.54) is 4.90 Å². The van der Waals surface area contributed by atoms with Crippen molar-refractivity contribution in [3.63, 3.8) is 0 Å². The number of rotatable bonds is 6. The van der Waals surface area contributed by atoms with Crippen LogP contribution in [0.2, 0.25) is 0 Å². The molecule has 0 saturated heterocycles. The Balaban J connectivity index is 1.77. The first kappa shape index (κ1) is 22.9. The van der Waals surface area contributed by atoms with Gasteiger partial charge < -0.3 is 16.2 Å². The maximum absolute atomic E-state index is 12.5. The van der Waals surface area contributed by atoms with Gasteiger partial charge in [0.1, 0.15) is 11.4 Å². The molecule has 4 rings (SSSR count). The van der Waals surface area contributed by atoms with E-state index < -0.39 is 6.09 Å². The van der Waals surface area contributed by atoms with Gasteiger partial charge in [-0.05, 0) is 51.0 Å². The Morgan fingerprint density at radius 3 is 2.59 bits per heavy atom. The van der Waals surface area contributed by atoms with Crippen LogP contribution < -0.4 is 16.4 Å². The lowest BCUT2D eigenvalue weighted by atomic mass is 10.2. The van der Waals surface area contributed by atoms with Gasteiger partial charge in [0.2, 0.25) is 0 Å². The molecule has 0 aromatic carbocycles. The van der Waals surface area contributed by atoms with Crippen LogP contribution >= 0.6 is 0 Å². The maximum atomic E-state index is 12.5. The van der Waals surface area contributed by atoms with Crippen LogP contribution in [0.4, 0.5) is 22.1 Å². The standard InChI is InChI=1S/C23H27N9O2/c1-5-31(23(33)34-13(2)3)18-19(24)28-21(29-20(18)25)17-16-7-6-8-27-22(16)32(30-17)12-15-9-14(4)10-26-11-15/h6-11,13H,5,12H2,1-4H3,(H4,24,25,28,29). The third-order valence-corrected chi connectivity index (χ3v) is 5.06. The quantitative estimate of drug-likeness (QED) is 0.441. The molecule has 0 saturated carbocycles. The molecule has 0 bridgehead atoms. The van der Waals surface area contributed by atoms with Gasteiger partial charge >= 0.3 is 6.09 Å². The second-order valence-electron chi connectivity index (χ2n) is 8.09. The number of nitrogen functional groups attached to an aromatic ring is 2. The largest absolute Gasteiger partial charge is 0.446 e. The number of nitrogens with zero attached hydrogens (tertiary/aromatic N) is 7. The molecule has 0 radical (unpaired) electrons. The van der Waals surface area contributed by atoms with Crippen LogP contribution in [0.3, 0.4) is 0 Å². The summed E-state index contributed by atoms with van der Waals surface area (Å²) in [6, 6.07) is 5.74. The van der Waals surface area contributed by atoms with Crippen LogP contribution in [0.1, 0.15) is 31.9 Å². The summed E-state index contributed by atoms with van der Waals surface area (Å²) in [4.78, 5) is 31.5. The molecule has 0 spiro atoms. The molecule has 0 aliphatic rings. The maximum Gasteiger partial charge on any atom is 0.414 e. The molecule has 11 heteroatoms. The number of amides is 1. The molecule has 0 atom stereocenters. The van der Waals surface area contributed by atoms with E-state index in [0.29, 0.717) is 17.9 Å². The third kappa shape index (κ3) is 4.45. The van der Waals surface area contributed by atoms with Crippen LogP contribution in [0.5, 0.6) is 0 Å². The molecule has 1 amide bonds. The number of fused-ring (bicyclic) bond motifs is 1. The molecule has 4 heterocycles. The summed E-state index contributed by atoms with van der Waals surface area (Å²) in [5, 5.41) is 5.47. The summed E-state index contributed by atoms with van der Waals surface area (Å²) in [5.74, 6) is 0.352. The Kier molecular flexibility index (Phi) is 6.26. The Morgan fingerprint density at radius 2 is 1.94 bits per heavy atom. The smallest absolute Gasteiger partial charge is 0.414 e. The molecular formula is C23H27N9O2. The van der Waals surface area contributed by atoms with Crippen molar-refractivity contribution in [3.8, 4) is 11.5 Å². The fraction of sp³-hybridized carbons (Fsp3) is 0.304. The van der Waals surface area contributed by atoms with Crippen LogP contribution in [-0.4, -0.2) is 48.5 Å². The summed E-state index contributed by atoms with van der Waals surface area (Å²) in [6.45, 7) is 8.06. The van der Waals surface area contributed by atoms with E-state index in [4.69, 9.17) is 21.3 Å². The van der Waals surface area contributed by atoms with Gasteiger partial charge in [-0.3, -0.25) is 9.88 Å². The van der Waals surface area contributed by atoms with Gasteiger partial charge in [0.25, 0.3) is 0 Å². The summed E-state index contributed by atoms with van der Waals surface area (Å²) in [6.07, 6.45) is 4.42. The minimum absolute atomic E-state index is 0.0551. The van der Waals surface area contributed by atoms with Crippen molar-refractivity contribution in [1.29, 1.82) is 0 Å². The molecule has 0 fully saturated rings. The van der Waals surface area contributed by atoms with Gasteiger partial charge in [-0.15, -0.1) is 0 Å². The Morgan fingerprint density at radius 1 is 1.21 bits per heavy atom. The summed E-state index contributed by atoms with van der Waals surface area (Å²) >= 11 is 0. The number of ether oxygens (including phenoxy) is 1. The molecule has 4 aromatic rings. The van der Waals surface area contributed by atoms with E-state index in [-0.39, 0.29) is 35.8 Å². The SMILES string of the molecule is CCN(C(=O)OC(C)C)c1c(N)nc(-c2nn(Cc3cncc(C)c3)c3ncccc23)nc1N. The second-order valence-corrected chi connectivity index (χ2v) is 8.09. The van der Waals surface area contributed by atoms with Crippen molar-refractivity contribution in [2.75, 3.05) is 22.9 Å². The zero-order valence-corrected chi connectivity index (χ0v) is 19.6. The van der Waals surface area contributed by atoms with Crippen molar-refractivity contribution in [3.05, 3.63) is 47.9 Å². The number of aryl methyl sites for hydroxylation is 1. The molecule has 0 aliphatic carbocycles. The first-order chi connectivity index (χ1) is 16.3. The molecule has 4 aromatic heterocycles. The minimum atomic E-state index is -0.571. The third-order valence-electron chi connectivity index (χ3n) is 5.06. The fourth-order valence-corrected chi connectivity index (χ4v) is 3.68. The summed E-state index contributed by atoms with van der Waals surface area (Å²) in [7, 11) is 0. The molecule has 11 nitrogen and oxygen atoms in total. The second kappa shape index (κ2) is 9.30. The van der Waals surface area contributed by atoms with Crippen LogP contribution in [-0.2, 0) is 11.3 Å². The van der Waals surface area contributed by atoms with Crippen LogP contribution in [0.15, 0.2) is 36.8 Å². The van der Waals surface area contributed by atoms with E-state index >= 15 is 0 Å². The summed E-state index contributed by atoms with van der Waals surface area (Å²) in [5.41, 5.74) is 15.9.